The molecule has 0 saturated carbocycles. The minimum absolute atomic E-state index is 0. The molecule has 0 unspecified atom stereocenters. The van der Waals surface area contributed by atoms with Gasteiger partial charge in [0.15, 0.2) is 5.96 Å². The molecule has 162 valence electrons. The van der Waals surface area contributed by atoms with Gasteiger partial charge in [-0.2, -0.15) is 0 Å². The maximum atomic E-state index is 6.07. The monoisotopic (exact) mass is 513 g/mol. The van der Waals surface area contributed by atoms with Crippen molar-refractivity contribution in [1.29, 1.82) is 0 Å². The van der Waals surface area contributed by atoms with Crippen LogP contribution in [0.5, 0.6) is 5.75 Å². The van der Waals surface area contributed by atoms with E-state index in [2.05, 4.69) is 67.8 Å². The number of rotatable bonds is 8. The van der Waals surface area contributed by atoms with Gasteiger partial charge in [0, 0.05) is 31.0 Å². The Kier molecular flexibility index (Phi) is 10.5. The van der Waals surface area contributed by atoms with Gasteiger partial charge in [-0.15, -0.1) is 24.0 Å². The molecule has 6 nitrogen and oxygen atoms in total. The molecule has 2 rings (SSSR count). The van der Waals surface area contributed by atoms with Gasteiger partial charge in [0.2, 0.25) is 0 Å². The summed E-state index contributed by atoms with van der Waals surface area (Å²) in [4.78, 5) is 9.21. The van der Waals surface area contributed by atoms with Crippen LogP contribution in [0.1, 0.15) is 52.9 Å². The molecule has 0 radical (unpaired) electrons. The summed E-state index contributed by atoms with van der Waals surface area (Å²) in [7, 11) is 0. The predicted octanol–water partition coefficient (Wildman–Crippen LogP) is 4.59. The molecule has 2 aromatic rings. The standard InChI is InChI=1S/C22H35N5O.HI/c1-7-23-21(26-15-20-24-12-13-27(20)16-17(2)3)25-14-18-10-8-9-11-19(18)28-22(4,5)6;/h8-13,17H,7,14-16H2,1-6H3,(H2,23,25,26);1H. The second kappa shape index (κ2) is 12.0. The minimum atomic E-state index is -0.240. The average Bonchev–Trinajstić information content (AvgIpc) is 3.03. The smallest absolute Gasteiger partial charge is 0.191 e. The van der Waals surface area contributed by atoms with Crippen molar-refractivity contribution in [2.24, 2.45) is 10.9 Å². The lowest BCUT2D eigenvalue weighted by Gasteiger charge is -2.23. The van der Waals surface area contributed by atoms with Crippen LogP contribution in [0.15, 0.2) is 41.7 Å². The fourth-order valence-corrected chi connectivity index (χ4v) is 2.80. The molecule has 0 aliphatic rings. The number of imidazole rings is 1. The van der Waals surface area contributed by atoms with Crippen molar-refractivity contribution in [2.75, 3.05) is 6.54 Å². The van der Waals surface area contributed by atoms with Gasteiger partial charge < -0.3 is 19.9 Å². The van der Waals surface area contributed by atoms with Crippen molar-refractivity contribution < 1.29 is 4.74 Å². The number of aromatic nitrogens is 2. The first-order chi connectivity index (χ1) is 13.3. The van der Waals surface area contributed by atoms with Gasteiger partial charge in [0.25, 0.3) is 0 Å². The highest BCUT2D eigenvalue weighted by molar-refractivity contribution is 14.0. The van der Waals surface area contributed by atoms with E-state index in [0.29, 0.717) is 19.0 Å². The van der Waals surface area contributed by atoms with Crippen LogP contribution in [0.25, 0.3) is 0 Å². The SMILES string of the molecule is CCNC(=NCc1ccccc1OC(C)(C)C)NCc1nccn1CC(C)C.I. The predicted molar refractivity (Wildman–Crippen MR) is 131 cm³/mol. The van der Waals surface area contributed by atoms with Gasteiger partial charge in [0.05, 0.1) is 13.1 Å². The van der Waals surface area contributed by atoms with Gasteiger partial charge in [-0.25, -0.2) is 9.98 Å². The van der Waals surface area contributed by atoms with Crippen LogP contribution in [-0.2, 0) is 19.6 Å². The highest BCUT2D eigenvalue weighted by atomic mass is 127. The second-order valence-electron chi connectivity index (χ2n) is 8.26. The number of hydrogen-bond donors (Lipinski definition) is 2. The molecule has 0 fully saturated rings. The summed E-state index contributed by atoms with van der Waals surface area (Å²) in [6, 6.07) is 8.07. The maximum absolute atomic E-state index is 6.07. The summed E-state index contributed by atoms with van der Waals surface area (Å²) >= 11 is 0. The number of aliphatic imine (C=N–C) groups is 1. The van der Waals surface area contributed by atoms with Crippen molar-refractivity contribution >= 4 is 29.9 Å². The summed E-state index contributed by atoms with van der Waals surface area (Å²) in [6.45, 7) is 15.6. The zero-order valence-corrected chi connectivity index (χ0v) is 20.9. The van der Waals surface area contributed by atoms with E-state index < -0.39 is 0 Å². The maximum Gasteiger partial charge on any atom is 0.191 e. The van der Waals surface area contributed by atoms with Crippen LogP contribution in [0.3, 0.4) is 0 Å². The molecule has 1 aromatic carbocycles. The number of nitrogens with one attached hydrogen (secondary N) is 2. The Labute approximate surface area is 192 Å². The van der Waals surface area contributed by atoms with Crippen LogP contribution in [0, 0.1) is 5.92 Å². The molecule has 0 atom stereocenters. The number of benzene rings is 1. The lowest BCUT2D eigenvalue weighted by Crippen LogP contribution is -2.37. The Hall–Kier alpha value is -1.77. The Morgan fingerprint density at radius 3 is 2.59 bits per heavy atom. The molecular formula is C22H36IN5O. The fourth-order valence-electron chi connectivity index (χ4n) is 2.80. The summed E-state index contributed by atoms with van der Waals surface area (Å²) in [5.41, 5.74) is 0.826. The Morgan fingerprint density at radius 2 is 1.93 bits per heavy atom. The highest BCUT2D eigenvalue weighted by Gasteiger charge is 2.14. The van der Waals surface area contributed by atoms with E-state index in [1.807, 2.05) is 30.6 Å². The Bertz CT molecular complexity index is 765. The number of para-hydroxylation sites is 1. The number of nitrogens with zero attached hydrogens (tertiary/aromatic N) is 3. The second-order valence-corrected chi connectivity index (χ2v) is 8.26. The van der Waals surface area contributed by atoms with Crippen LogP contribution in [0.2, 0.25) is 0 Å². The van der Waals surface area contributed by atoms with Crippen molar-refractivity contribution in [2.45, 2.75) is 66.8 Å². The Balaban J connectivity index is 0.00000420. The molecule has 29 heavy (non-hydrogen) atoms. The number of halogens is 1. The third-order valence-electron chi connectivity index (χ3n) is 3.92. The summed E-state index contributed by atoms with van der Waals surface area (Å²) in [6.07, 6.45) is 3.88. The van der Waals surface area contributed by atoms with E-state index in [4.69, 9.17) is 9.73 Å². The van der Waals surface area contributed by atoms with Crippen molar-refractivity contribution in [3.63, 3.8) is 0 Å². The molecule has 0 spiro atoms. The van der Waals surface area contributed by atoms with Crippen LogP contribution in [0.4, 0.5) is 0 Å². The zero-order valence-electron chi connectivity index (χ0n) is 18.5. The van der Waals surface area contributed by atoms with Gasteiger partial charge in [0.1, 0.15) is 17.2 Å². The summed E-state index contributed by atoms with van der Waals surface area (Å²) in [5, 5.41) is 6.69. The van der Waals surface area contributed by atoms with Gasteiger partial charge in [-0.1, -0.05) is 32.0 Å². The molecular weight excluding hydrogens is 477 g/mol. The van der Waals surface area contributed by atoms with Crippen molar-refractivity contribution in [3.8, 4) is 5.75 Å². The minimum Gasteiger partial charge on any atom is -0.488 e. The van der Waals surface area contributed by atoms with E-state index in [1.54, 1.807) is 0 Å². The third kappa shape index (κ3) is 9.06. The lowest BCUT2D eigenvalue weighted by atomic mass is 10.1. The van der Waals surface area contributed by atoms with Crippen molar-refractivity contribution in [3.05, 3.63) is 48.0 Å². The molecule has 1 aromatic heterocycles. The first-order valence-electron chi connectivity index (χ1n) is 10.1. The fraction of sp³-hybridized carbons (Fsp3) is 0.545. The van der Waals surface area contributed by atoms with E-state index >= 15 is 0 Å². The highest BCUT2D eigenvalue weighted by Crippen LogP contribution is 2.23. The molecule has 0 saturated heterocycles. The molecule has 2 N–H and O–H groups in total. The van der Waals surface area contributed by atoms with Crippen LogP contribution >= 0.6 is 24.0 Å². The number of guanidine groups is 1. The largest absolute Gasteiger partial charge is 0.488 e. The van der Waals surface area contributed by atoms with Gasteiger partial charge >= 0.3 is 0 Å². The van der Waals surface area contributed by atoms with E-state index in [0.717, 1.165) is 36.2 Å². The molecule has 7 heteroatoms. The normalized spacial score (nSPS) is 11.9. The molecule has 0 bridgehead atoms. The quantitative estimate of drug-likeness (QED) is 0.308. The van der Waals surface area contributed by atoms with Crippen LogP contribution < -0.4 is 15.4 Å². The summed E-state index contributed by atoms with van der Waals surface area (Å²) in [5.74, 6) is 3.24. The number of ether oxygens (including phenoxy) is 1. The van der Waals surface area contributed by atoms with Crippen LogP contribution in [-0.4, -0.2) is 27.7 Å². The zero-order chi connectivity index (χ0) is 20.6. The lowest BCUT2D eigenvalue weighted by molar-refractivity contribution is 0.129. The average molecular weight is 513 g/mol. The molecule has 0 aliphatic carbocycles. The molecule has 0 amide bonds. The van der Waals surface area contributed by atoms with E-state index in [9.17, 15) is 0 Å². The number of hydrogen-bond acceptors (Lipinski definition) is 3. The molecule has 1 heterocycles. The summed E-state index contributed by atoms with van der Waals surface area (Å²) < 4.78 is 8.26. The first kappa shape index (κ1) is 25.3. The molecule has 0 aliphatic heterocycles. The third-order valence-corrected chi connectivity index (χ3v) is 3.92. The Morgan fingerprint density at radius 1 is 1.21 bits per heavy atom. The van der Waals surface area contributed by atoms with E-state index in [-0.39, 0.29) is 29.6 Å². The first-order valence-corrected chi connectivity index (χ1v) is 10.1. The van der Waals surface area contributed by atoms with Gasteiger partial charge in [-0.05, 0) is 39.7 Å². The van der Waals surface area contributed by atoms with Crippen molar-refractivity contribution in [1.82, 2.24) is 20.2 Å². The van der Waals surface area contributed by atoms with E-state index in [1.165, 1.54) is 0 Å². The van der Waals surface area contributed by atoms with Gasteiger partial charge in [-0.3, -0.25) is 0 Å². The topological polar surface area (TPSA) is 63.5 Å².